The van der Waals surface area contributed by atoms with Crippen LogP contribution in [0.1, 0.15) is 5.56 Å². The van der Waals surface area contributed by atoms with Crippen molar-refractivity contribution < 1.29 is 9.47 Å². The highest BCUT2D eigenvalue weighted by Crippen LogP contribution is 2.39. The molecule has 0 aliphatic carbocycles. The molecule has 0 radical (unpaired) electrons. The monoisotopic (exact) mass is 307 g/mol. The number of hydrogen-bond acceptors (Lipinski definition) is 3. The third-order valence-electron chi connectivity index (χ3n) is 1.86. The van der Waals surface area contributed by atoms with E-state index in [9.17, 15) is 0 Å². The van der Waals surface area contributed by atoms with Crippen molar-refractivity contribution >= 4 is 37.5 Å². The summed E-state index contributed by atoms with van der Waals surface area (Å²) in [6.07, 6.45) is 0. The Morgan fingerprint density at radius 2 is 2.15 bits per heavy atom. The number of halogens is 2. The smallest absolute Gasteiger partial charge is 0.189 e. The molecule has 0 aromatic heterocycles. The molecule has 1 aromatic carbocycles. The van der Waals surface area contributed by atoms with Gasteiger partial charge in [-0.25, -0.2) is 0 Å². The van der Waals surface area contributed by atoms with Gasteiger partial charge in [0, 0.05) is 10.0 Å². The predicted octanol–water partition coefficient (Wildman–Crippen LogP) is 2.66. The van der Waals surface area contributed by atoms with Crippen LogP contribution in [0.2, 0.25) is 0 Å². The van der Waals surface area contributed by atoms with E-state index in [2.05, 4.69) is 31.9 Å². The topological polar surface area (TPSA) is 44.5 Å². The quantitative estimate of drug-likeness (QED) is 0.749. The van der Waals surface area contributed by atoms with Gasteiger partial charge in [-0.1, -0.05) is 0 Å². The first-order valence-corrected chi connectivity index (χ1v) is 5.25. The zero-order valence-corrected chi connectivity index (χ0v) is 9.81. The molecule has 0 saturated carbocycles. The Kier molecular flexibility index (Phi) is 2.49. The molecule has 0 saturated heterocycles. The second-order valence-corrected chi connectivity index (χ2v) is 4.32. The van der Waals surface area contributed by atoms with Gasteiger partial charge in [0.05, 0.1) is 16.8 Å². The molecule has 1 aromatic rings. The van der Waals surface area contributed by atoms with Crippen LogP contribution in [0.5, 0.6) is 5.75 Å². The van der Waals surface area contributed by atoms with E-state index in [4.69, 9.17) is 15.2 Å². The molecule has 70 valence electrons. The summed E-state index contributed by atoms with van der Waals surface area (Å²) >= 11 is 6.75. The van der Waals surface area contributed by atoms with Gasteiger partial charge in [-0.05, 0) is 37.9 Å². The van der Waals surface area contributed by atoms with Gasteiger partial charge in [-0.2, -0.15) is 0 Å². The second-order valence-electron chi connectivity index (χ2n) is 2.67. The van der Waals surface area contributed by atoms with Gasteiger partial charge in [0.15, 0.2) is 6.79 Å². The molecule has 2 N–H and O–H groups in total. The number of nitrogens with two attached hydrogens (primary N) is 1. The number of nitrogen functional groups attached to an aromatic ring is 1. The number of anilines is 1. The van der Waals surface area contributed by atoms with E-state index in [1.54, 1.807) is 0 Å². The highest BCUT2D eigenvalue weighted by atomic mass is 79.9. The molecule has 0 unspecified atom stereocenters. The number of benzene rings is 1. The summed E-state index contributed by atoms with van der Waals surface area (Å²) in [7, 11) is 0. The fraction of sp³-hybridized carbons (Fsp3) is 0.250. The molecule has 3 nitrogen and oxygen atoms in total. The van der Waals surface area contributed by atoms with Gasteiger partial charge in [-0.15, -0.1) is 0 Å². The van der Waals surface area contributed by atoms with Crippen molar-refractivity contribution in [3.63, 3.8) is 0 Å². The van der Waals surface area contributed by atoms with E-state index in [0.717, 1.165) is 20.3 Å². The first kappa shape index (κ1) is 9.30. The van der Waals surface area contributed by atoms with Crippen LogP contribution in [0.15, 0.2) is 15.0 Å². The van der Waals surface area contributed by atoms with Crippen LogP contribution in [0.25, 0.3) is 0 Å². The largest absolute Gasteiger partial charge is 0.467 e. The van der Waals surface area contributed by atoms with Gasteiger partial charge in [0.25, 0.3) is 0 Å². The van der Waals surface area contributed by atoms with Crippen molar-refractivity contribution in [2.45, 2.75) is 6.61 Å². The SMILES string of the molecule is Nc1c(Br)cc2c(c1Br)COCO2. The van der Waals surface area contributed by atoms with Crippen molar-refractivity contribution in [1.82, 2.24) is 0 Å². The van der Waals surface area contributed by atoms with Gasteiger partial charge >= 0.3 is 0 Å². The Morgan fingerprint density at radius 1 is 1.38 bits per heavy atom. The Bertz CT molecular complexity index is 354. The molecule has 13 heavy (non-hydrogen) atoms. The van der Waals surface area contributed by atoms with Gasteiger partial charge in [0.2, 0.25) is 0 Å². The first-order chi connectivity index (χ1) is 6.20. The van der Waals surface area contributed by atoms with Crippen molar-refractivity contribution in [2.75, 3.05) is 12.5 Å². The number of hydrogen-bond donors (Lipinski definition) is 1. The summed E-state index contributed by atoms with van der Waals surface area (Å²) in [5.41, 5.74) is 7.44. The number of fused-ring (bicyclic) bond motifs is 1. The molecule has 1 aliphatic heterocycles. The average Bonchev–Trinajstić information content (AvgIpc) is 2.15. The zero-order valence-electron chi connectivity index (χ0n) is 6.64. The Hall–Kier alpha value is -0.260. The lowest BCUT2D eigenvalue weighted by atomic mass is 10.2. The standard InChI is InChI=1S/C8H7Br2NO2/c9-5-1-6-4(2-12-3-13-6)7(10)8(5)11/h1H,2-3,11H2. The summed E-state index contributed by atoms with van der Waals surface area (Å²) in [5, 5.41) is 0. The van der Waals surface area contributed by atoms with Crippen LogP contribution in [0.4, 0.5) is 5.69 Å². The van der Waals surface area contributed by atoms with Gasteiger partial charge in [0.1, 0.15) is 5.75 Å². The molecule has 1 aliphatic rings. The molecule has 0 amide bonds. The van der Waals surface area contributed by atoms with Crippen LogP contribution in [-0.2, 0) is 11.3 Å². The Morgan fingerprint density at radius 3 is 2.92 bits per heavy atom. The number of rotatable bonds is 0. The summed E-state index contributed by atoms with van der Waals surface area (Å²) in [6.45, 7) is 0.837. The lowest BCUT2D eigenvalue weighted by Crippen LogP contribution is -2.12. The fourth-order valence-electron chi connectivity index (χ4n) is 1.17. The summed E-state index contributed by atoms with van der Waals surface area (Å²) in [5.74, 6) is 0.819. The summed E-state index contributed by atoms with van der Waals surface area (Å²) in [4.78, 5) is 0. The summed E-state index contributed by atoms with van der Waals surface area (Å²) in [6, 6.07) is 1.86. The minimum Gasteiger partial charge on any atom is -0.467 e. The molecule has 0 atom stereocenters. The highest BCUT2D eigenvalue weighted by Gasteiger charge is 2.17. The molecule has 0 spiro atoms. The van der Waals surface area contributed by atoms with Crippen LogP contribution >= 0.6 is 31.9 Å². The predicted molar refractivity (Wildman–Crippen MR) is 56.5 cm³/mol. The highest BCUT2D eigenvalue weighted by molar-refractivity contribution is 9.11. The zero-order chi connectivity index (χ0) is 9.42. The van der Waals surface area contributed by atoms with Crippen molar-refractivity contribution in [3.8, 4) is 5.75 Å². The molecular weight excluding hydrogens is 302 g/mol. The van der Waals surface area contributed by atoms with Crippen LogP contribution in [-0.4, -0.2) is 6.79 Å². The third kappa shape index (κ3) is 1.56. The molecule has 0 bridgehead atoms. The fourth-order valence-corrected chi connectivity index (χ4v) is 2.36. The number of ether oxygens (including phenoxy) is 2. The van der Waals surface area contributed by atoms with E-state index in [0.29, 0.717) is 19.1 Å². The lowest BCUT2D eigenvalue weighted by Gasteiger charge is -2.20. The average molecular weight is 309 g/mol. The normalized spacial score (nSPS) is 14.9. The van der Waals surface area contributed by atoms with Crippen LogP contribution in [0.3, 0.4) is 0 Å². The lowest BCUT2D eigenvalue weighted by molar-refractivity contribution is -0.0167. The van der Waals surface area contributed by atoms with Crippen molar-refractivity contribution in [3.05, 3.63) is 20.6 Å². The molecule has 2 rings (SSSR count). The Balaban J connectivity index is 2.60. The molecule has 1 heterocycles. The molecule has 0 fully saturated rings. The van der Waals surface area contributed by atoms with E-state index in [1.165, 1.54) is 0 Å². The van der Waals surface area contributed by atoms with Gasteiger partial charge < -0.3 is 15.2 Å². The maximum atomic E-state index is 5.80. The van der Waals surface area contributed by atoms with Crippen molar-refractivity contribution in [2.24, 2.45) is 0 Å². The van der Waals surface area contributed by atoms with Crippen molar-refractivity contribution in [1.29, 1.82) is 0 Å². The minimum absolute atomic E-state index is 0.301. The molecular formula is C8H7Br2NO2. The van der Waals surface area contributed by atoms with Crippen LogP contribution < -0.4 is 10.5 Å². The third-order valence-corrected chi connectivity index (χ3v) is 3.42. The van der Waals surface area contributed by atoms with Crippen LogP contribution in [0, 0.1) is 0 Å². The maximum Gasteiger partial charge on any atom is 0.189 e. The summed E-state index contributed by atoms with van der Waals surface area (Å²) < 4.78 is 12.1. The minimum atomic E-state index is 0.301. The second kappa shape index (κ2) is 3.48. The first-order valence-electron chi connectivity index (χ1n) is 3.67. The van der Waals surface area contributed by atoms with Gasteiger partial charge in [-0.3, -0.25) is 0 Å². The van der Waals surface area contributed by atoms with E-state index >= 15 is 0 Å². The van der Waals surface area contributed by atoms with E-state index in [-0.39, 0.29) is 0 Å². The van der Waals surface area contributed by atoms with E-state index in [1.807, 2.05) is 6.07 Å². The Labute approximate surface area is 92.5 Å². The van der Waals surface area contributed by atoms with E-state index < -0.39 is 0 Å². The molecule has 5 heteroatoms. The maximum absolute atomic E-state index is 5.80.